The van der Waals surface area contributed by atoms with Crippen molar-refractivity contribution >= 4 is 5.69 Å². The zero-order chi connectivity index (χ0) is 9.84. The first-order valence-electron chi connectivity index (χ1n) is 4.62. The van der Waals surface area contributed by atoms with Crippen LogP contribution in [0, 0.1) is 13.8 Å². The van der Waals surface area contributed by atoms with E-state index < -0.39 is 0 Å². The fourth-order valence-corrected chi connectivity index (χ4v) is 1.38. The first-order chi connectivity index (χ1) is 6.16. The van der Waals surface area contributed by atoms with Crippen molar-refractivity contribution in [2.24, 2.45) is 0 Å². The van der Waals surface area contributed by atoms with Crippen molar-refractivity contribution in [3.63, 3.8) is 0 Å². The molecule has 3 N–H and O–H groups in total. The number of benzene rings is 1. The van der Waals surface area contributed by atoms with E-state index in [9.17, 15) is 0 Å². The number of anilines is 1. The summed E-state index contributed by atoms with van der Waals surface area (Å²) in [5.41, 5.74) is 10.4. The van der Waals surface area contributed by atoms with Gasteiger partial charge in [-0.2, -0.15) is 0 Å². The molecule has 2 nitrogen and oxygen atoms in total. The molecule has 13 heavy (non-hydrogen) atoms. The van der Waals surface area contributed by atoms with Crippen LogP contribution < -0.4 is 5.73 Å². The second kappa shape index (κ2) is 4.28. The van der Waals surface area contributed by atoms with E-state index in [1.54, 1.807) is 0 Å². The minimum absolute atomic E-state index is 0.229. The molecule has 0 fully saturated rings. The van der Waals surface area contributed by atoms with Crippen molar-refractivity contribution in [2.75, 3.05) is 12.3 Å². The summed E-state index contributed by atoms with van der Waals surface area (Å²) in [7, 11) is 0. The lowest BCUT2D eigenvalue weighted by Crippen LogP contribution is -2.00. The van der Waals surface area contributed by atoms with Crippen LogP contribution in [-0.4, -0.2) is 11.7 Å². The maximum Gasteiger partial charge on any atom is 0.0434 e. The van der Waals surface area contributed by atoms with Crippen LogP contribution in [0.4, 0.5) is 5.69 Å². The Kier molecular flexibility index (Phi) is 3.32. The third-order valence-corrected chi connectivity index (χ3v) is 2.48. The third kappa shape index (κ3) is 2.22. The van der Waals surface area contributed by atoms with Gasteiger partial charge in [0.1, 0.15) is 0 Å². The maximum absolute atomic E-state index is 8.70. The Morgan fingerprint density at radius 2 is 2.00 bits per heavy atom. The lowest BCUT2D eigenvalue weighted by atomic mass is 10.0. The van der Waals surface area contributed by atoms with Gasteiger partial charge in [-0.25, -0.2) is 0 Å². The summed E-state index contributed by atoms with van der Waals surface area (Å²) in [6, 6.07) is 4.13. The fourth-order valence-electron chi connectivity index (χ4n) is 1.38. The number of rotatable bonds is 3. The quantitative estimate of drug-likeness (QED) is 0.695. The van der Waals surface area contributed by atoms with Crippen LogP contribution in [0.1, 0.15) is 23.1 Å². The van der Waals surface area contributed by atoms with Crippen LogP contribution >= 0.6 is 0 Å². The second-order valence-corrected chi connectivity index (χ2v) is 3.41. The zero-order valence-corrected chi connectivity index (χ0v) is 8.30. The smallest absolute Gasteiger partial charge is 0.0434 e. The number of aryl methyl sites for hydroxylation is 2. The molecule has 0 heterocycles. The van der Waals surface area contributed by atoms with Crippen molar-refractivity contribution in [1.29, 1.82) is 0 Å². The summed E-state index contributed by atoms with van der Waals surface area (Å²) >= 11 is 0. The molecule has 0 aliphatic heterocycles. The van der Waals surface area contributed by atoms with Gasteiger partial charge in [-0.1, -0.05) is 12.1 Å². The van der Waals surface area contributed by atoms with Crippen LogP contribution in [0.25, 0.3) is 0 Å². The number of hydrogen-bond acceptors (Lipinski definition) is 2. The Balaban J connectivity index is 2.90. The van der Waals surface area contributed by atoms with E-state index in [-0.39, 0.29) is 6.61 Å². The largest absolute Gasteiger partial charge is 0.398 e. The molecule has 0 unspecified atom stereocenters. The number of nitrogens with two attached hydrogens (primary N) is 1. The minimum atomic E-state index is 0.229. The molecule has 0 bridgehead atoms. The predicted octanol–water partition coefficient (Wildman–Crippen LogP) is 1.81. The molecule has 0 atom stereocenters. The van der Waals surface area contributed by atoms with Gasteiger partial charge in [0.15, 0.2) is 0 Å². The Bertz CT molecular complexity index is 294. The molecule has 1 aromatic carbocycles. The molecule has 0 aliphatic carbocycles. The average molecular weight is 179 g/mol. The maximum atomic E-state index is 8.70. The minimum Gasteiger partial charge on any atom is -0.398 e. The van der Waals surface area contributed by atoms with Gasteiger partial charge in [-0.3, -0.25) is 0 Å². The Hall–Kier alpha value is -1.02. The van der Waals surface area contributed by atoms with E-state index in [4.69, 9.17) is 10.8 Å². The molecule has 0 spiro atoms. The van der Waals surface area contributed by atoms with Crippen molar-refractivity contribution in [1.82, 2.24) is 0 Å². The van der Waals surface area contributed by atoms with Crippen molar-refractivity contribution in [2.45, 2.75) is 26.7 Å². The van der Waals surface area contributed by atoms with E-state index >= 15 is 0 Å². The topological polar surface area (TPSA) is 46.2 Å². The molecule has 1 rings (SSSR count). The first-order valence-corrected chi connectivity index (χ1v) is 4.62. The molecule has 1 aromatic rings. The average Bonchev–Trinajstić information content (AvgIpc) is 2.13. The van der Waals surface area contributed by atoms with E-state index in [0.717, 1.165) is 29.7 Å². The molecular weight excluding hydrogens is 162 g/mol. The normalized spacial score (nSPS) is 10.4. The van der Waals surface area contributed by atoms with Gasteiger partial charge < -0.3 is 10.8 Å². The lowest BCUT2D eigenvalue weighted by Gasteiger charge is -2.09. The summed E-state index contributed by atoms with van der Waals surface area (Å²) in [6.45, 7) is 4.32. The molecule has 0 radical (unpaired) electrons. The molecule has 0 amide bonds. The summed E-state index contributed by atoms with van der Waals surface area (Å²) in [5, 5.41) is 8.70. The van der Waals surface area contributed by atoms with Gasteiger partial charge >= 0.3 is 0 Å². The molecule has 72 valence electrons. The highest BCUT2D eigenvalue weighted by atomic mass is 16.2. The number of aliphatic hydroxyl groups excluding tert-OH is 1. The van der Waals surface area contributed by atoms with E-state index in [1.807, 2.05) is 13.0 Å². The SMILES string of the molecule is Cc1ccc(CCCO)c(N)c1C. The van der Waals surface area contributed by atoms with E-state index in [0.29, 0.717) is 0 Å². The molecule has 0 aromatic heterocycles. The van der Waals surface area contributed by atoms with Gasteiger partial charge in [0.05, 0.1) is 0 Å². The fraction of sp³-hybridized carbons (Fsp3) is 0.455. The molecule has 0 saturated carbocycles. The Morgan fingerprint density at radius 3 is 2.62 bits per heavy atom. The van der Waals surface area contributed by atoms with Crippen LogP contribution in [0.3, 0.4) is 0 Å². The molecule has 0 aliphatic rings. The second-order valence-electron chi connectivity index (χ2n) is 3.41. The van der Waals surface area contributed by atoms with E-state index in [2.05, 4.69) is 13.0 Å². The van der Waals surface area contributed by atoms with Crippen molar-refractivity contribution in [3.8, 4) is 0 Å². The first kappa shape index (κ1) is 10.1. The van der Waals surface area contributed by atoms with Crippen molar-refractivity contribution in [3.05, 3.63) is 28.8 Å². The monoisotopic (exact) mass is 179 g/mol. The highest BCUT2D eigenvalue weighted by Gasteiger charge is 2.03. The van der Waals surface area contributed by atoms with Gasteiger partial charge in [0.2, 0.25) is 0 Å². The van der Waals surface area contributed by atoms with Crippen molar-refractivity contribution < 1.29 is 5.11 Å². The van der Waals surface area contributed by atoms with E-state index in [1.165, 1.54) is 5.56 Å². The predicted molar refractivity (Wildman–Crippen MR) is 55.7 cm³/mol. The summed E-state index contributed by atoms with van der Waals surface area (Å²) in [5.74, 6) is 0. The number of aliphatic hydroxyl groups is 1. The third-order valence-electron chi connectivity index (χ3n) is 2.48. The van der Waals surface area contributed by atoms with Gasteiger partial charge in [-0.05, 0) is 43.4 Å². The molecular formula is C11H17NO. The summed E-state index contributed by atoms with van der Waals surface area (Å²) in [4.78, 5) is 0. The molecule has 2 heteroatoms. The van der Waals surface area contributed by atoms with Crippen LogP contribution in [0.5, 0.6) is 0 Å². The standard InChI is InChI=1S/C11H17NO/c1-8-5-6-10(4-3-7-13)11(12)9(8)2/h5-6,13H,3-4,7,12H2,1-2H3. The highest BCUT2D eigenvalue weighted by Crippen LogP contribution is 2.21. The van der Waals surface area contributed by atoms with Crippen LogP contribution in [0.2, 0.25) is 0 Å². The Morgan fingerprint density at radius 1 is 1.31 bits per heavy atom. The number of hydrogen-bond donors (Lipinski definition) is 2. The highest BCUT2D eigenvalue weighted by molar-refractivity contribution is 5.56. The summed E-state index contributed by atoms with van der Waals surface area (Å²) in [6.07, 6.45) is 1.65. The van der Waals surface area contributed by atoms with Gasteiger partial charge in [0, 0.05) is 12.3 Å². The zero-order valence-electron chi connectivity index (χ0n) is 8.30. The van der Waals surface area contributed by atoms with Gasteiger partial charge in [-0.15, -0.1) is 0 Å². The van der Waals surface area contributed by atoms with Crippen LogP contribution in [0.15, 0.2) is 12.1 Å². The van der Waals surface area contributed by atoms with Gasteiger partial charge in [0.25, 0.3) is 0 Å². The number of nitrogen functional groups attached to an aromatic ring is 1. The summed E-state index contributed by atoms with van der Waals surface area (Å²) < 4.78 is 0. The lowest BCUT2D eigenvalue weighted by molar-refractivity contribution is 0.288. The Labute approximate surface area is 79.4 Å². The molecule has 0 saturated heterocycles. The van der Waals surface area contributed by atoms with Crippen LogP contribution in [-0.2, 0) is 6.42 Å².